The van der Waals surface area contributed by atoms with Gasteiger partial charge in [-0.1, -0.05) is 27.7 Å². The summed E-state index contributed by atoms with van der Waals surface area (Å²) in [5.41, 5.74) is 0. The van der Waals surface area contributed by atoms with E-state index >= 15 is 0 Å². The fraction of sp³-hybridized carbons (Fsp3) is 0.833. The molecule has 1 aliphatic rings. The number of nitrogens with zero attached hydrogens (tertiary/aromatic N) is 2. The number of rotatable bonds is 7. The van der Waals surface area contributed by atoms with E-state index in [0.717, 1.165) is 13.1 Å². The van der Waals surface area contributed by atoms with Crippen LogP contribution in [-0.4, -0.2) is 76.8 Å². The smallest absolute Gasteiger partial charge is 0.481 e. The van der Waals surface area contributed by atoms with Gasteiger partial charge in [-0.05, 0) is 37.8 Å². The molecule has 0 bridgehead atoms. The molecule has 1 fully saturated rings. The summed E-state index contributed by atoms with van der Waals surface area (Å²) in [5, 5.41) is 16.1. The number of hydrogen-bond acceptors (Lipinski definition) is 4. The molecule has 1 heterocycles. The van der Waals surface area contributed by atoms with Crippen molar-refractivity contribution in [2.75, 3.05) is 32.7 Å². The van der Waals surface area contributed by atoms with Gasteiger partial charge in [0.15, 0.2) is 0 Å². The van der Waals surface area contributed by atoms with E-state index in [9.17, 15) is 22.8 Å². The minimum Gasteiger partial charge on any atom is -0.481 e. The van der Waals surface area contributed by atoms with Gasteiger partial charge in [0, 0.05) is 13.1 Å². The maximum absolute atomic E-state index is 12.5. The molecule has 0 aromatic rings. The monoisotopic (exact) mass is 412 g/mol. The molecule has 1 amide bonds. The van der Waals surface area contributed by atoms with Crippen LogP contribution in [0.25, 0.3) is 0 Å². The first-order valence-electron chi connectivity index (χ1n) is 9.27. The molecule has 28 heavy (non-hydrogen) atoms. The summed E-state index contributed by atoms with van der Waals surface area (Å²) in [7, 11) is 0. The number of amides is 1. The highest BCUT2D eigenvalue weighted by atomic mass is 19.4. The van der Waals surface area contributed by atoms with Crippen molar-refractivity contribution in [1.29, 1.82) is 0 Å². The normalized spacial score (nSPS) is 15.9. The van der Waals surface area contributed by atoms with Crippen molar-refractivity contribution < 1.29 is 37.8 Å². The molecule has 0 atom stereocenters. The zero-order valence-electron chi connectivity index (χ0n) is 16.8. The maximum Gasteiger partial charge on any atom is 0.490 e. The van der Waals surface area contributed by atoms with E-state index in [0.29, 0.717) is 44.3 Å². The highest BCUT2D eigenvalue weighted by molar-refractivity contribution is 5.78. The van der Waals surface area contributed by atoms with E-state index in [1.54, 1.807) is 0 Å². The molecule has 0 saturated carbocycles. The fourth-order valence-corrected chi connectivity index (χ4v) is 2.79. The van der Waals surface area contributed by atoms with Gasteiger partial charge < -0.3 is 15.1 Å². The average molecular weight is 412 g/mol. The molecule has 10 heteroatoms. The van der Waals surface area contributed by atoms with Gasteiger partial charge in [0.05, 0.1) is 12.5 Å². The first-order valence-corrected chi connectivity index (χ1v) is 9.27. The standard InChI is InChI=1S/C16H30N2O3.C2HF3O2/c1-12(2)9-18(10-13(3)4)15(19)11-17-7-5-14(6-8-17)16(20)21;3-2(4,5)1(6)7/h12-14H,5-11H2,1-4H3,(H,20,21);(H,6,7). The number of likely N-dealkylation sites (tertiary alicyclic amines) is 1. The minimum atomic E-state index is -5.08. The highest BCUT2D eigenvalue weighted by Crippen LogP contribution is 2.17. The molecule has 2 N–H and O–H groups in total. The molecule has 0 spiro atoms. The van der Waals surface area contributed by atoms with E-state index < -0.39 is 18.1 Å². The van der Waals surface area contributed by atoms with E-state index in [-0.39, 0.29) is 11.8 Å². The van der Waals surface area contributed by atoms with E-state index in [1.165, 1.54) is 0 Å². The fourth-order valence-electron chi connectivity index (χ4n) is 2.79. The number of carbonyl (C=O) groups excluding carboxylic acids is 1. The Hall–Kier alpha value is -1.84. The van der Waals surface area contributed by atoms with E-state index in [4.69, 9.17) is 15.0 Å². The predicted octanol–water partition coefficient (Wildman–Crippen LogP) is 2.56. The van der Waals surface area contributed by atoms with Crippen molar-refractivity contribution in [1.82, 2.24) is 9.80 Å². The van der Waals surface area contributed by atoms with Crippen LogP contribution in [0.5, 0.6) is 0 Å². The summed E-state index contributed by atoms with van der Waals surface area (Å²) >= 11 is 0. The van der Waals surface area contributed by atoms with Crippen LogP contribution in [0.1, 0.15) is 40.5 Å². The van der Waals surface area contributed by atoms with E-state index in [2.05, 4.69) is 32.6 Å². The van der Waals surface area contributed by atoms with Crippen LogP contribution in [0.15, 0.2) is 0 Å². The van der Waals surface area contributed by atoms with Crippen LogP contribution in [0.4, 0.5) is 13.2 Å². The van der Waals surface area contributed by atoms with E-state index in [1.807, 2.05) is 4.90 Å². The number of aliphatic carboxylic acids is 2. The van der Waals surface area contributed by atoms with Crippen LogP contribution in [0, 0.1) is 17.8 Å². The van der Waals surface area contributed by atoms with Crippen molar-refractivity contribution in [3.63, 3.8) is 0 Å². The molecule has 164 valence electrons. The molecule has 1 saturated heterocycles. The highest BCUT2D eigenvalue weighted by Gasteiger charge is 2.38. The zero-order chi connectivity index (χ0) is 22.1. The molecule has 0 aromatic carbocycles. The Labute approximate surface area is 163 Å². The third-order valence-electron chi connectivity index (χ3n) is 4.06. The molecule has 1 rings (SSSR count). The van der Waals surface area contributed by atoms with Crippen molar-refractivity contribution in [3.05, 3.63) is 0 Å². The Bertz CT molecular complexity index is 506. The first kappa shape index (κ1) is 26.2. The van der Waals surface area contributed by atoms with Crippen molar-refractivity contribution in [2.24, 2.45) is 17.8 Å². The number of hydrogen-bond donors (Lipinski definition) is 2. The quantitative estimate of drug-likeness (QED) is 0.667. The third kappa shape index (κ3) is 11.1. The van der Waals surface area contributed by atoms with Crippen LogP contribution in [-0.2, 0) is 14.4 Å². The lowest BCUT2D eigenvalue weighted by Crippen LogP contribution is -2.46. The Morgan fingerprint density at radius 1 is 1.00 bits per heavy atom. The van der Waals surface area contributed by atoms with Crippen LogP contribution in [0.3, 0.4) is 0 Å². The number of carboxylic acids is 2. The zero-order valence-corrected chi connectivity index (χ0v) is 16.8. The summed E-state index contributed by atoms with van der Waals surface area (Å²) in [4.78, 5) is 36.4. The van der Waals surface area contributed by atoms with Crippen molar-refractivity contribution in [3.8, 4) is 0 Å². The number of carboxylic acid groups (broad SMARTS) is 2. The Kier molecular flexibility index (Phi) is 11.1. The topological polar surface area (TPSA) is 98.2 Å². The van der Waals surface area contributed by atoms with Crippen LogP contribution in [0.2, 0.25) is 0 Å². The van der Waals surface area contributed by atoms with Gasteiger partial charge in [-0.2, -0.15) is 13.2 Å². The van der Waals surface area contributed by atoms with Gasteiger partial charge in [-0.25, -0.2) is 4.79 Å². The molecule has 0 aliphatic carbocycles. The van der Waals surface area contributed by atoms with Crippen molar-refractivity contribution >= 4 is 17.8 Å². The van der Waals surface area contributed by atoms with Gasteiger partial charge in [0.2, 0.25) is 5.91 Å². The SMILES string of the molecule is CC(C)CN(CC(C)C)C(=O)CN1CCC(C(=O)O)CC1.O=C(O)C(F)(F)F. The summed E-state index contributed by atoms with van der Waals surface area (Å²) < 4.78 is 31.7. The summed E-state index contributed by atoms with van der Waals surface area (Å²) in [6.45, 7) is 11.9. The minimum absolute atomic E-state index is 0.172. The number of halogens is 3. The summed E-state index contributed by atoms with van der Waals surface area (Å²) in [6, 6.07) is 0. The van der Waals surface area contributed by atoms with Gasteiger partial charge in [0.1, 0.15) is 0 Å². The second kappa shape index (κ2) is 11.9. The molecule has 0 aromatic heterocycles. The lowest BCUT2D eigenvalue weighted by atomic mass is 9.97. The van der Waals surface area contributed by atoms with Crippen molar-refractivity contribution in [2.45, 2.75) is 46.7 Å². The first-order chi connectivity index (χ1) is 12.7. The lowest BCUT2D eigenvalue weighted by molar-refractivity contribution is -0.192. The summed E-state index contributed by atoms with van der Waals surface area (Å²) in [6.07, 6.45) is -3.78. The number of piperidine rings is 1. The Morgan fingerprint density at radius 2 is 1.39 bits per heavy atom. The third-order valence-corrected chi connectivity index (χ3v) is 4.06. The lowest BCUT2D eigenvalue weighted by Gasteiger charge is -2.33. The maximum atomic E-state index is 12.5. The Morgan fingerprint density at radius 3 is 1.68 bits per heavy atom. The second-order valence-electron chi connectivity index (χ2n) is 7.78. The van der Waals surface area contributed by atoms with Crippen LogP contribution < -0.4 is 0 Å². The molecule has 1 aliphatic heterocycles. The molecular weight excluding hydrogens is 381 g/mol. The predicted molar refractivity (Wildman–Crippen MR) is 96.7 cm³/mol. The molecule has 7 nitrogen and oxygen atoms in total. The molecular formula is C18H31F3N2O5. The Balaban J connectivity index is 0.000000887. The van der Waals surface area contributed by atoms with Crippen LogP contribution >= 0.6 is 0 Å². The average Bonchev–Trinajstić information content (AvgIpc) is 2.53. The van der Waals surface area contributed by atoms with Gasteiger partial charge in [-0.3, -0.25) is 14.5 Å². The summed E-state index contributed by atoms with van der Waals surface area (Å²) in [5.74, 6) is -2.60. The molecule has 0 unspecified atom stereocenters. The number of carbonyl (C=O) groups is 3. The van der Waals surface area contributed by atoms with Gasteiger partial charge in [-0.15, -0.1) is 0 Å². The van der Waals surface area contributed by atoms with Gasteiger partial charge >= 0.3 is 18.1 Å². The van der Waals surface area contributed by atoms with Gasteiger partial charge in [0.25, 0.3) is 0 Å². The molecule has 0 radical (unpaired) electrons. The largest absolute Gasteiger partial charge is 0.490 e. The number of alkyl halides is 3. The second-order valence-corrected chi connectivity index (χ2v) is 7.78.